The molecule has 7 aromatic rings. The minimum absolute atomic E-state index is 0.0448. The predicted molar refractivity (Wildman–Crippen MR) is 304 cm³/mol. The lowest BCUT2D eigenvalue weighted by atomic mass is 9.33. The van der Waals surface area contributed by atoms with Crippen LogP contribution in [0.15, 0.2) is 108 Å². The molecule has 0 saturated heterocycles. The van der Waals surface area contributed by atoms with E-state index >= 15 is 0 Å². The highest BCUT2D eigenvalue weighted by Crippen LogP contribution is 2.49. The Labute approximate surface area is 422 Å². The molecule has 0 aliphatic carbocycles. The molecule has 0 saturated carbocycles. The molecule has 2 aliphatic rings. The third kappa shape index (κ3) is 8.83. The van der Waals surface area contributed by atoms with E-state index in [-0.39, 0.29) is 44.6 Å². The van der Waals surface area contributed by atoms with Crippen LogP contribution in [0.2, 0.25) is 0 Å². The van der Waals surface area contributed by atoms with Crippen molar-refractivity contribution >= 4 is 68.3 Å². The second-order valence-electron chi connectivity index (χ2n) is 28.1. The van der Waals surface area contributed by atoms with Gasteiger partial charge in [-0.2, -0.15) is 0 Å². The SMILES string of the molecule is CC(C)(C)c1ccc(-c2nc3cc4c(cc3o2)N(c2cc(C(C)(C)C)cc(C(C)(C)C)c2)c2cc(C(C)(C)C)cc3c2B4c2cc(C(C)(C)C)ccc2N3c2cc(C(C)(C)C)cc(C(C)(C)C)c2)cc1. The molecule has 0 fully saturated rings. The fourth-order valence-electron chi connectivity index (χ4n) is 10.3. The Kier molecular flexibility index (Phi) is 11.3. The van der Waals surface area contributed by atoms with Gasteiger partial charge in [0.05, 0.1) is 0 Å². The third-order valence-corrected chi connectivity index (χ3v) is 15.1. The van der Waals surface area contributed by atoms with Crippen LogP contribution in [0.1, 0.15) is 184 Å². The van der Waals surface area contributed by atoms with Gasteiger partial charge in [-0.25, -0.2) is 4.98 Å². The second-order valence-corrected chi connectivity index (χ2v) is 28.1. The van der Waals surface area contributed by atoms with Crippen LogP contribution in [0, 0.1) is 0 Å². The van der Waals surface area contributed by atoms with E-state index in [9.17, 15) is 0 Å². The lowest BCUT2D eigenvalue weighted by molar-refractivity contribution is 0.568. The number of anilines is 6. The van der Waals surface area contributed by atoms with E-state index in [1.165, 1.54) is 78.1 Å². The Hall–Kier alpha value is -5.55. The van der Waals surface area contributed by atoms with Gasteiger partial charge in [0.1, 0.15) is 5.52 Å². The zero-order valence-electron chi connectivity index (χ0n) is 46.6. The lowest BCUT2D eigenvalue weighted by Crippen LogP contribution is -2.61. The van der Waals surface area contributed by atoms with Crippen LogP contribution in [0.25, 0.3) is 22.6 Å². The summed E-state index contributed by atoms with van der Waals surface area (Å²) >= 11 is 0. The Morgan fingerprint density at radius 2 is 0.743 bits per heavy atom. The maximum Gasteiger partial charge on any atom is 0.252 e. The van der Waals surface area contributed by atoms with Gasteiger partial charge in [-0.3, -0.25) is 0 Å². The molecule has 0 spiro atoms. The lowest BCUT2D eigenvalue weighted by Gasteiger charge is -2.46. The summed E-state index contributed by atoms with van der Waals surface area (Å²) in [4.78, 5) is 10.5. The summed E-state index contributed by atoms with van der Waals surface area (Å²) in [5.41, 5.74) is 22.4. The summed E-state index contributed by atoms with van der Waals surface area (Å²) in [6.07, 6.45) is 0. The van der Waals surface area contributed by atoms with Crippen molar-refractivity contribution in [3.63, 3.8) is 0 Å². The molecule has 0 radical (unpaired) electrons. The number of oxazole rings is 1. The molecule has 0 N–H and O–H groups in total. The molecule has 5 heteroatoms. The number of hydrogen-bond acceptors (Lipinski definition) is 4. The van der Waals surface area contributed by atoms with E-state index in [1.54, 1.807) is 0 Å². The summed E-state index contributed by atoms with van der Waals surface area (Å²) in [6, 6.07) is 40.6. The van der Waals surface area contributed by atoms with E-state index in [0.717, 1.165) is 28.0 Å². The molecule has 0 atom stereocenters. The standard InChI is InChI=1S/C65H80BN3O/c1-59(2,3)40-24-22-39(23-25-40)58-67-51-37-50-53(38-56(51)70-58)69(48-32-44(63(13,14)15)29-45(33-48)64(16,17)18)55-36-46(65(19,20)21)35-54-57(55)66(50)49-34-41(60(4,5)6)26-27-52(49)68(54)47-30-42(61(7,8)9)28-43(31-47)62(10,11)12/h22-38H,1-21H3. The summed E-state index contributed by atoms with van der Waals surface area (Å²) < 4.78 is 6.90. The summed E-state index contributed by atoms with van der Waals surface area (Å²) in [5, 5.41) is 0. The molecule has 4 nitrogen and oxygen atoms in total. The number of rotatable bonds is 3. The van der Waals surface area contributed by atoms with Gasteiger partial charge in [-0.15, -0.1) is 0 Å². The van der Waals surface area contributed by atoms with Crippen molar-refractivity contribution in [1.29, 1.82) is 0 Å². The monoisotopic (exact) mass is 930 g/mol. The zero-order valence-corrected chi connectivity index (χ0v) is 46.6. The highest BCUT2D eigenvalue weighted by atomic mass is 16.3. The normalized spacial score (nSPS) is 14.6. The van der Waals surface area contributed by atoms with Crippen molar-refractivity contribution in [2.45, 2.75) is 183 Å². The summed E-state index contributed by atoms with van der Waals surface area (Å²) in [7, 11) is 0. The molecule has 1 aromatic heterocycles. The van der Waals surface area contributed by atoms with E-state index in [0.29, 0.717) is 5.89 Å². The number of hydrogen-bond donors (Lipinski definition) is 0. The Morgan fingerprint density at radius 3 is 1.17 bits per heavy atom. The molecule has 2 aliphatic heterocycles. The molecule has 70 heavy (non-hydrogen) atoms. The first-order valence-corrected chi connectivity index (χ1v) is 25.9. The fourth-order valence-corrected chi connectivity index (χ4v) is 10.3. The van der Waals surface area contributed by atoms with Crippen LogP contribution >= 0.6 is 0 Å². The first-order valence-electron chi connectivity index (χ1n) is 25.9. The smallest absolute Gasteiger partial charge is 0.252 e. The molecule has 0 unspecified atom stereocenters. The van der Waals surface area contributed by atoms with Crippen molar-refractivity contribution in [3.05, 3.63) is 142 Å². The summed E-state index contributed by atoms with van der Waals surface area (Å²) in [6.45, 7) is 48.9. The van der Waals surface area contributed by atoms with Crippen molar-refractivity contribution in [2.24, 2.45) is 0 Å². The Morgan fingerprint density at radius 1 is 0.357 bits per heavy atom. The maximum absolute atomic E-state index is 6.90. The highest BCUT2D eigenvalue weighted by Gasteiger charge is 2.46. The average Bonchev–Trinajstić information content (AvgIpc) is 3.66. The van der Waals surface area contributed by atoms with Crippen LogP contribution < -0.4 is 26.2 Å². The molecule has 0 bridgehead atoms. The molecular weight excluding hydrogens is 850 g/mol. The minimum Gasteiger partial charge on any atom is -0.436 e. The second kappa shape index (κ2) is 16.0. The molecule has 3 heterocycles. The van der Waals surface area contributed by atoms with Gasteiger partial charge in [-0.05, 0) is 154 Å². The van der Waals surface area contributed by atoms with Crippen molar-refractivity contribution in [1.82, 2.24) is 4.98 Å². The molecular formula is C65H80BN3O. The van der Waals surface area contributed by atoms with Gasteiger partial charge in [0.25, 0.3) is 6.71 Å². The van der Waals surface area contributed by atoms with Crippen LogP contribution in [-0.2, 0) is 37.9 Å². The van der Waals surface area contributed by atoms with E-state index < -0.39 is 0 Å². The van der Waals surface area contributed by atoms with Gasteiger partial charge in [0.2, 0.25) is 5.89 Å². The van der Waals surface area contributed by atoms with Gasteiger partial charge in [-0.1, -0.05) is 182 Å². The molecule has 9 rings (SSSR count). The Bertz CT molecular complexity index is 3120. The average molecular weight is 930 g/mol. The number of nitrogens with zero attached hydrogens (tertiary/aromatic N) is 3. The number of fused-ring (bicyclic) bond motifs is 5. The van der Waals surface area contributed by atoms with Crippen LogP contribution in [0.3, 0.4) is 0 Å². The first kappa shape index (κ1) is 49.4. The number of benzene rings is 6. The van der Waals surface area contributed by atoms with E-state index in [2.05, 4.69) is 258 Å². The van der Waals surface area contributed by atoms with Gasteiger partial charge >= 0.3 is 0 Å². The number of aromatic nitrogens is 1. The van der Waals surface area contributed by atoms with Crippen molar-refractivity contribution in [2.75, 3.05) is 9.80 Å². The van der Waals surface area contributed by atoms with Crippen LogP contribution in [-0.4, -0.2) is 11.7 Å². The summed E-state index contributed by atoms with van der Waals surface area (Å²) in [5.74, 6) is 0.640. The topological polar surface area (TPSA) is 32.5 Å². The first-order chi connectivity index (χ1) is 32.1. The van der Waals surface area contributed by atoms with Crippen LogP contribution in [0.4, 0.5) is 34.1 Å². The predicted octanol–water partition coefficient (Wildman–Crippen LogP) is 16.7. The maximum atomic E-state index is 6.90. The molecule has 0 amide bonds. The largest absolute Gasteiger partial charge is 0.436 e. The quantitative estimate of drug-likeness (QED) is 0.165. The Balaban J connectivity index is 1.44. The van der Waals surface area contributed by atoms with Crippen molar-refractivity contribution in [3.8, 4) is 11.5 Å². The molecule has 6 aromatic carbocycles. The van der Waals surface area contributed by atoms with Gasteiger partial charge < -0.3 is 14.2 Å². The van der Waals surface area contributed by atoms with E-state index in [1.807, 2.05) is 0 Å². The highest BCUT2D eigenvalue weighted by molar-refractivity contribution is 7.00. The molecule has 364 valence electrons. The minimum atomic E-state index is -0.158. The zero-order chi connectivity index (χ0) is 51.2. The fraction of sp³-hybridized carbons (Fsp3) is 0.431. The van der Waals surface area contributed by atoms with Crippen molar-refractivity contribution < 1.29 is 4.42 Å². The van der Waals surface area contributed by atoms with Gasteiger partial charge in [0, 0.05) is 45.8 Å². The van der Waals surface area contributed by atoms with Crippen LogP contribution in [0.5, 0.6) is 0 Å². The van der Waals surface area contributed by atoms with E-state index in [4.69, 9.17) is 9.40 Å². The van der Waals surface area contributed by atoms with Gasteiger partial charge in [0.15, 0.2) is 5.58 Å². The third-order valence-electron chi connectivity index (χ3n) is 15.1.